The van der Waals surface area contributed by atoms with Crippen molar-refractivity contribution < 1.29 is 9.53 Å². The molecule has 0 unspecified atom stereocenters. The number of morpholine rings is 1. The molecule has 2 aromatic carbocycles. The molecule has 1 aromatic heterocycles. The van der Waals surface area contributed by atoms with Gasteiger partial charge in [0.1, 0.15) is 0 Å². The van der Waals surface area contributed by atoms with Gasteiger partial charge >= 0.3 is 0 Å². The minimum atomic E-state index is -0.0603. The van der Waals surface area contributed by atoms with Gasteiger partial charge in [0.05, 0.1) is 24.9 Å². The monoisotopic (exact) mass is 462 g/mol. The lowest BCUT2D eigenvalue weighted by Gasteiger charge is -2.29. The Morgan fingerprint density at radius 2 is 1.91 bits per heavy atom. The summed E-state index contributed by atoms with van der Waals surface area (Å²) >= 11 is 6.16. The van der Waals surface area contributed by atoms with Gasteiger partial charge in [-0.3, -0.25) is 9.69 Å². The number of benzene rings is 2. The summed E-state index contributed by atoms with van der Waals surface area (Å²) in [5.41, 5.74) is 3.59. The molecule has 3 heterocycles. The minimum absolute atomic E-state index is 0.0603. The van der Waals surface area contributed by atoms with Crippen molar-refractivity contribution in [3.63, 3.8) is 0 Å². The number of aromatic nitrogens is 2. The van der Waals surface area contributed by atoms with Crippen LogP contribution in [-0.2, 0) is 11.3 Å². The van der Waals surface area contributed by atoms with Crippen molar-refractivity contribution in [3.8, 4) is 11.4 Å². The molecule has 1 amide bonds. The first kappa shape index (κ1) is 22.0. The topological polar surface area (TPSA) is 58.6 Å². The maximum Gasteiger partial charge on any atom is 0.254 e. The van der Waals surface area contributed by atoms with Crippen molar-refractivity contribution in [2.24, 2.45) is 0 Å². The van der Waals surface area contributed by atoms with Crippen LogP contribution in [0.3, 0.4) is 0 Å². The standard InChI is InChI=1S/C26H27ClN4O2/c27-21-7-3-6-19(17-21)25-28-11-10-23(29-25)24-9-4-12-31(24)26(32)22-8-2-1-5-20(22)18-30-13-15-33-16-14-30/h1-3,5-8,10-11,17,24H,4,9,12-16,18H2/t24-/m1/s1. The summed E-state index contributed by atoms with van der Waals surface area (Å²) in [6.07, 6.45) is 3.62. The van der Waals surface area contributed by atoms with E-state index in [4.69, 9.17) is 21.3 Å². The van der Waals surface area contributed by atoms with Gasteiger partial charge in [0.15, 0.2) is 5.82 Å². The number of likely N-dealkylation sites (tertiary alicyclic amines) is 1. The maximum atomic E-state index is 13.7. The molecule has 0 N–H and O–H groups in total. The van der Waals surface area contributed by atoms with E-state index in [1.807, 2.05) is 53.4 Å². The number of hydrogen-bond acceptors (Lipinski definition) is 5. The lowest BCUT2D eigenvalue weighted by molar-refractivity contribution is 0.0339. The first-order valence-corrected chi connectivity index (χ1v) is 11.8. The summed E-state index contributed by atoms with van der Waals surface area (Å²) < 4.78 is 5.47. The predicted molar refractivity (Wildman–Crippen MR) is 128 cm³/mol. The van der Waals surface area contributed by atoms with Gasteiger partial charge in [-0.25, -0.2) is 9.97 Å². The van der Waals surface area contributed by atoms with E-state index in [9.17, 15) is 4.79 Å². The lowest BCUT2D eigenvalue weighted by atomic mass is 10.0. The molecule has 2 aliphatic heterocycles. The third-order valence-corrected chi connectivity index (χ3v) is 6.60. The molecule has 3 aromatic rings. The fourth-order valence-electron chi connectivity index (χ4n) is 4.66. The van der Waals surface area contributed by atoms with Crippen LogP contribution in [-0.4, -0.2) is 58.5 Å². The van der Waals surface area contributed by atoms with E-state index in [2.05, 4.69) is 16.0 Å². The van der Waals surface area contributed by atoms with Crippen molar-refractivity contribution in [3.05, 3.63) is 82.6 Å². The Labute approximate surface area is 199 Å². The van der Waals surface area contributed by atoms with Gasteiger partial charge in [0, 0.05) is 48.5 Å². The molecular formula is C26H27ClN4O2. The summed E-state index contributed by atoms with van der Waals surface area (Å²) in [7, 11) is 0. The van der Waals surface area contributed by atoms with Crippen LogP contribution < -0.4 is 0 Å². The number of carbonyl (C=O) groups is 1. The zero-order valence-corrected chi connectivity index (χ0v) is 19.2. The fourth-order valence-corrected chi connectivity index (χ4v) is 4.85. The third-order valence-electron chi connectivity index (χ3n) is 6.36. The molecule has 5 rings (SSSR count). The van der Waals surface area contributed by atoms with Crippen molar-refractivity contribution in [2.45, 2.75) is 25.4 Å². The van der Waals surface area contributed by atoms with Crippen LogP contribution in [0.2, 0.25) is 5.02 Å². The number of amides is 1. The fraction of sp³-hybridized carbons (Fsp3) is 0.346. The summed E-state index contributed by atoms with van der Waals surface area (Å²) in [6.45, 7) is 4.76. The van der Waals surface area contributed by atoms with Gasteiger partial charge in [-0.2, -0.15) is 0 Å². The van der Waals surface area contributed by atoms with E-state index in [-0.39, 0.29) is 11.9 Å². The van der Waals surface area contributed by atoms with Crippen LogP contribution in [0.1, 0.15) is 40.5 Å². The van der Waals surface area contributed by atoms with Crippen LogP contribution in [0, 0.1) is 0 Å². The Morgan fingerprint density at radius 1 is 1.06 bits per heavy atom. The number of nitrogens with zero attached hydrogens (tertiary/aromatic N) is 4. The van der Waals surface area contributed by atoms with Crippen LogP contribution >= 0.6 is 11.6 Å². The average molecular weight is 463 g/mol. The van der Waals surface area contributed by atoms with Gasteiger partial charge in [-0.05, 0) is 42.7 Å². The summed E-state index contributed by atoms with van der Waals surface area (Å²) in [5.74, 6) is 0.700. The lowest BCUT2D eigenvalue weighted by Crippen LogP contribution is -2.37. The quantitative estimate of drug-likeness (QED) is 0.554. The highest BCUT2D eigenvalue weighted by Crippen LogP contribution is 2.33. The van der Waals surface area contributed by atoms with Crippen LogP contribution in [0.15, 0.2) is 60.8 Å². The van der Waals surface area contributed by atoms with E-state index in [0.29, 0.717) is 10.8 Å². The number of rotatable bonds is 5. The van der Waals surface area contributed by atoms with E-state index in [0.717, 1.165) is 74.6 Å². The molecule has 0 aliphatic carbocycles. The molecule has 0 bridgehead atoms. The second-order valence-corrected chi connectivity index (χ2v) is 8.95. The average Bonchev–Trinajstić information content (AvgIpc) is 3.35. The van der Waals surface area contributed by atoms with Gasteiger partial charge in [-0.1, -0.05) is 41.9 Å². The SMILES string of the molecule is O=C(c1ccccc1CN1CCOCC1)N1CCC[C@@H]1c1ccnc(-c2cccc(Cl)c2)n1. The number of ether oxygens (including phenoxy) is 1. The second-order valence-electron chi connectivity index (χ2n) is 8.52. The molecule has 2 aliphatic rings. The Kier molecular flexibility index (Phi) is 6.67. The number of hydrogen-bond donors (Lipinski definition) is 0. The zero-order valence-electron chi connectivity index (χ0n) is 18.5. The highest BCUT2D eigenvalue weighted by atomic mass is 35.5. The first-order valence-electron chi connectivity index (χ1n) is 11.5. The molecule has 170 valence electrons. The van der Waals surface area contributed by atoms with Gasteiger partial charge in [-0.15, -0.1) is 0 Å². The van der Waals surface area contributed by atoms with E-state index >= 15 is 0 Å². The Hall–Kier alpha value is -2.80. The zero-order chi connectivity index (χ0) is 22.6. The molecule has 2 saturated heterocycles. The molecule has 0 saturated carbocycles. The molecule has 33 heavy (non-hydrogen) atoms. The van der Waals surface area contributed by atoms with Crippen molar-refractivity contribution in [1.82, 2.24) is 19.8 Å². The normalized spacial score (nSPS) is 19.1. The van der Waals surface area contributed by atoms with E-state index in [1.54, 1.807) is 6.20 Å². The van der Waals surface area contributed by atoms with Crippen molar-refractivity contribution >= 4 is 17.5 Å². The van der Waals surface area contributed by atoms with Crippen molar-refractivity contribution in [2.75, 3.05) is 32.8 Å². The first-order chi connectivity index (χ1) is 16.2. The van der Waals surface area contributed by atoms with Gasteiger partial charge in [0.25, 0.3) is 5.91 Å². The molecule has 6 nitrogen and oxygen atoms in total. The predicted octanol–water partition coefficient (Wildman–Crippen LogP) is 4.61. The molecule has 0 spiro atoms. The molecule has 7 heteroatoms. The summed E-state index contributed by atoms with van der Waals surface area (Å²) in [5, 5.41) is 0.649. The van der Waals surface area contributed by atoms with Crippen molar-refractivity contribution in [1.29, 1.82) is 0 Å². The van der Waals surface area contributed by atoms with Crippen LogP contribution in [0.4, 0.5) is 0 Å². The summed E-state index contributed by atoms with van der Waals surface area (Å²) in [6, 6.07) is 17.4. The molecule has 0 radical (unpaired) electrons. The van der Waals surface area contributed by atoms with Gasteiger partial charge in [0.2, 0.25) is 0 Å². The number of halogens is 1. The number of carbonyl (C=O) groups excluding carboxylic acids is 1. The van der Waals surface area contributed by atoms with Gasteiger partial charge < -0.3 is 9.64 Å². The van der Waals surface area contributed by atoms with E-state index < -0.39 is 0 Å². The molecule has 2 fully saturated rings. The summed E-state index contributed by atoms with van der Waals surface area (Å²) in [4.78, 5) is 27.3. The maximum absolute atomic E-state index is 13.7. The Balaban J connectivity index is 1.39. The van der Waals surface area contributed by atoms with Crippen LogP contribution in [0.25, 0.3) is 11.4 Å². The largest absolute Gasteiger partial charge is 0.379 e. The smallest absolute Gasteiger partial charge is 0.254 e. The third kappa shape index (κ3) is 4.93. The highest BCUT2D eigenvalue weighted by molar-refractivity contribution is 6.30. The minimum Gasteiger partial charge on any atom is -0.379 e. The highest BCUT2D eigenvalue weighted by Gasteiger charge is 2.33. The van der Waals surface area contributed by atoms with Crippen LogP contribution in [0.5, 0.6) is 0 Å². The Morgan fingerprint density at radius 3 is 2.76 bits per heavy atom. The Bertz CT molecular complexity index is 1130. The second kappa shape index (κ2) is 10.00. The van der Waals surface area contributed by atoms with E-state index in [1.165, 1.54) is 0 Å². The molecule has 1 atom stereocenters. The molecular weight excluding hydrogens is 436 g/mol.